The topological polar surface area (TPSA) is 111 Å². The van der Waals surface area contributed by atoms with E-state index in [1.165, 1.54) is 4.90 Å². The van der Waals surface area contributed by atoms with Gasteiger partial charge in [-0.1, -0.05) is 54.2 Å². The Morgan fingerprint density at radius 2 is 1.82 bits per heavy atom. The number of anilines is 1. The molecule has 0 radical (unpaired) electrons. The zero-order valence-electron chi connectivity index (χ0n) is 18.6. The van der Waals surface area contributed by atoms with Crippen LogP contribution in [0.4, 0.5) is 5.82 Å². The number of hydrogen-bond acceptors (Lipinski definition) is 7. The minimum absolute atomic E-state index is 0.116. The second-order valence-corrected chi connectivity index (χ2v) is 9.23. The standard InChI is InChI=1S/C22H25Cl3N6O3/c1-2-3-4-10-30-19-18(27-21(25)28-19)20(32)31(22(30)33)11-6-9-17-26-16(29-34-17)12-13-14(23)7-5-8-15(13)24/h5,7-8,22,33H,2-4,6,9-12H2,1H3,(H,27,28). The highest BCUT2D eigenvalue weighted by atomic mass is 35.5. The predicted molar refractivity (Wildman–Crippen MR) is 129 cm³/mol. The molecule has 0 aliphatic carbocycles. The smallest absolute Gasteiger partial charge is 0.277 e. The molecule has 1 aromatic carbocycles. The number of nitrogens with zero attached hydrogens (tertiary/aromatic N) is 5. The van der Waals surface area contributed by atoms with Crippen molar-refractivity contribution < 1.29 is 14.4 Å². The first-order valence-electron chi connectivity index (χ1n) is 11.1. The molecule has 0 spiro atoms. The van der Waals surface area contributed by atoms with Crippen LogP contribution in [0.3, 0.4) is 0 Å². The third kappa shape index (κ3) is 5.33. The van der Waals surface area contributed by atoms with Crippen molar-refractivity contribution in [1.82, 2.24) is 25.0 Å². The third-order valence-electron chi connectivity index (χ3n) is 5.66. The Morgan fingerprint density at radius 3 is 2.56 bits per heavy atom. The molecule has 2 N–H and O–H groups in total. The number of unbranched alkanes of at least 4 members (excludes halogenated alkanes) is 2. The van der Waals surface area contributed by atoms with Crippen LogP contribution in [0.2, 0.25) is 15.3 Å². The average molecular weight is 528 g/mol. The highest BCUT2D eigenvalue weighted by molar-refractivity contribution is 6.36. The van der Waals surface area contributed by atoms with Crippen molar-refractivity contribution in [2.75, 3.05) is 18.0 Å². The summed E-state index contributed by atoms with van der Waals surface area (Å²) in [5, 5.41) is 16.1. The maximum absolute atomic E-state index is 13.0. The summed E-state index contributed by atoms with van der Waals surface area (Å²) >= 11 is 18.5. The molecule has 1 amide bonds. The van der Waals surface area contributed by atoms with E-state index in [2.05, 4.69) is 27.0 Å². The van der Waals surface area contributed by atoms with Crippen LogP contribution in [-0.2, 0) is 12.8 Å². The summed E-state index contributed by atoms with van der Waals surface area (Å²) in [7, 11) is 0. The first-order chi connectivity index (χ1) is 16.4. The van der Waals surface area contributed by atoms with Crippen molar-refractivity contribution in [3.63, 3.8) is 0 Å². The number of amides is 1. The van der Waals surface area contributed by atoms with Gasteiger partial charge in [-0.05, 0) is 42.1 Å². The lowest BCUT2D eigenvalue weighted by molar-refractivity contribution is 0.0000339. The van der Waals surface area contributed by atoms with Crippen LogP contribution in [0.25, 0.3) is 0 Å². The molecule has 182 valence electrons. The Hall–Kier alpha value is -2.33. The van der Waals surface area contributed by atoms with Gasteiger partial charge in [0, 0.05) is 36.0 Å². The highest BCUT2D eigenvalue weighted by Gasteiger charge is 2.38. The number of nitrogens with one attached hydrogen (secondary N) is 1. The minimum Gasteiger partial charge on any atom is -0.356 e. The van der Waals surface area contributed by atoms with Gasteiger partial charge < -0.3 is 19.5 Å². The number of halogens is 3. The van der Waals surface area contributed by atoms with Crippen LogP contribution in [0.15, 0.2) is 22.7 Å². The van der Waals surface area contributed by atoms with Crippen LogP contribution in [0.5, 0.6) is 0 Å². The van der Waals surface area contributed by atoms with E-state index in [-0.39, 0.29) is 23.4 Å². The van der Waals surface area contributed by atoms with Crippen LogP contribution >= 0.6 is 34.8 Å². The Morgan fingerprint density at radius 1 is 1.09 bits per heavy atom. The van der Waals surface area contributed by atoms with Gasteiger partial charge in [-0.15, -0.1) is 0 Å². The number of aromatic nitrogens is 4. The molecule has 1 unspecified atom stereocenters. The van der Waals surface area contributed by atoms with Crippen molar-refractivity contribution in [2.24, 2.45) is 0 Å². The molecule has 0 saturated heterocycles. The lowest BCUT2D eigenvalue weighted by Gasteiger charge is -2.40. The normalized spacial score (nSPS) is 15.8. The quantitative estimate of drug-likeness (QED) is 0.367. The van der Waals surface area contributed by atoms with Crippen molar-refractivity contribution in [3.05, 3.63) is 56.5 Å². The number of H-pyrrole nitrogens is 1. The van der Waals surface area contributed by atoms with E-state index in [0.29, 0.717) is 53.4 Å². The lowest BCUT2D eigenvalue weighted by atomic mass is 10.1. The van der Waals surface area contributed by atoms with Crippen LogP contribution < -0.4 is 4.90 Å². The second kappa shape index (κ2) is 10.9. The van der Waals surface area contributed by atoms with Gasteiger partial charge in [0.05, 0.1) is 0 Å². The zero-order valence-corrected chi connectivity index (χ0v) is 20.9. The first kappa shape index (κ1) is 24.8. The zero-order chi connectivity index (χ0) is 24.2. The largest absolute Gasteiger partial charge is 0.356 e. The number of carbonyl (C=O) groups excluding carboxylic acids is 1. The molecule has 0 saturated carbocycles. The van der Waals surface area contributed by atoms with Gasteiger partial charge in [0.15, 0.2) is 11.6 Å². The Labute approximate surface area is 212 Å². The van der Waals surface area contributed by atoms with Gasteiger partial charge in [0.1, 0.15) is 5.69 Å². The van der Waals surface area contributed by atoms with E-state index in [0.717, 1.165) is 24.8 Å². The summed E-state index contributed by atoms with van der Waals surface area (Å²) in [4.78, 5) is 27.5. The summed E-state index contributed by atoms with van der Waals surface area (Å²) in [6, 6.07) is 5.29. The fourth-order valence-electron chi connectivity index (χ4n) is 3.91. The van der Waals surface area contributed by atoms with Crippen LogP contribution in [0.1, 0.15) is 60.4 Å². The van der Waals surface area contributed by atoms with Gasteiger partial charge >= 0.3 is 0 Å². The maximum atomic E-state index is 13.0. The van der Waals surface area contributed by atoms with Crippen LogP contribution in [0, 0.1) is 0 Å². The molecule has 3 aromatic rings. The number of aliphatic hydroxyl groups excluding tert-OH is 1. The molecule has 1 aliphatic heterocycles. The Kier molecular flexibility index (Phi) is 7.98. The number of aromatic amines is 1. The van der Waals surface area contributed by atoms with E-state index in [4.69, 9.17) is 39.3 Å². The van der Waals surface area contributed by atoms with Gasteiger partial charge in [0.25, 0.3) is 5.91 Å². The van der Waals surface area contributed by atoms with Gasteiger partial charge in [0.2, 0.25) is 17.5 Å². The number of imidazole rings is 1. The molecule has 2 aromatic heterocycles. The van der Waals surface area contributed by atoms with E-state index in [1.807, 2.05) is 0 Å². The molecular formula is C22H25Cl3N6O3. The van der Waals surface area contributed by atoms with Crippen LogP contribution in [-0.4, -0.2) is 55.5 Å². The molecule has 9 nitrogen and oxygen atoms in total. The number of fused-ring (bicyclic) bond motifs is 1. The number of aliphatic hydroxyl groups is 1. The summed E-state index contributed by atoms with van der Waals surface area (Å²) in [5.41, 5.74) is 1.01. The summed E-state index contributed by atoms with van der Waals surface area (Å²) in [6.45, 7) is 2.95. The fourth-order valence-corrected chi connectivity index (χ4v) is 4.62. The molecule has 1 aliphatic rings. The SMILES string of the molecule is CCCCCN1c2nc(Cl)[nH]c2C(=O)N(CCCc2nc(Cc3c(Cl)cccc3Cl)no2)C1O. The van der Waals surface area contributed by atoms with Gasteiger partial charge in [-0.3, -0.25) is 9.69 Å². The highest BCUT2D eigenvalue weighted by Crippen LogP contribution is 2.30. The maximum Gasteiger partial charge on any atom is 0.277 e. The van der Waals surface area contributed by atoms with E-state index >= 15 is 0 Å². The number of rotatable bonds is 10. The first-order valence-corrected chi connectivity index (χ1v) is 12.3. The molecule has 0 fully saturated rings. The van der Waals surface area contributed by atoms with E-state index in [9.17, 15) is 9.90 Å². The molecule has 4 rings (SSSR count). The summed E-state index contributed by atoms with van der Waals surface area (Å²) < 4.78 is 5.35. The Balaban J connectivity index is 1.39. The molecular weight excluding hydrogens is 503 g/mol. The number of carbonyl (C=O) groups is 1. The molecule has 3 heterocycles. The second-order valence-electron chi connectivity index (χ2n) is 8.06. The van der Waals surface area contributed by atoms with E-state index < -0.39 is 6.35 Å². The fraction of sp³-hybridized carbons (Fsp3) is 0.455. The lowest BCUT2D eigenvalue weighted by Crippen LogP contribution is -2.56. The molecule has 34 heavy (non-hydrogen) atoms. The average Bonchev–Trinajstić information content (AvgIpc) is 3.42. The van der Waals surface area contributed by atoms with Crippen molar-refractivity contribution in [3.8, 4) is 0 Å². The molecule has 0 bridgehead atoms. The van der Waals surface area contributed by atoms with Crippen molar-refractivity contribution >= 4 is 46.5 Å². The summed E-state index contributed by atoms with van der Waals surface area (Å²) in [6.07, 6.45) is 3.07. The monoisotopic (exact) mass is 526 g/mol. The molecule has 1 atom stereocenters. The third-order valence-corrected chi connectivity index (χ3v) is 6.55. The Bertz CT molecular complexity index is 1130. The van der Waals surface area contributed by atoms with E-state index in [1.54, 1.807) is 23.1 Å². The number of aryl methyl sites for hydroxylation is 1. The van der Waals surface area contributed by atoms with Crippen molar-refractivity contribution in [2.45, 2.75) is 51.8 Å². The molecule has 12 heteroatoms. The number of hydrogen-bond donors (Lipinski definition) is 2. The van der Waals surface area contributed by atoms with Gasteiger partial charge in [-0.25, -0.2) is 0 Å². The minimum atomic E-state index is -1.13. The summed E-state index contributed by atoms with van der Waals surface area (Å²) in [5.74, 6) is 0.933. The number of benzene rings is 1. The van der Waals surface area contributed by atoms with Crippen molar-refractivity contribution in [1.29, 1.82) is 0 Å². The van der Waals surface area contributed by atoms with Gasteiger partial charge in [-0.2, -0.15) is 9.97 Å². The predicted octanol–water partition coefficient (Wildman–Crippen LogP) is 4.70.